The predicted molar refractivity (Wildman–Crippen MR) is 55.6 cm³/mol. The van der Waals surface area contributed by atoms with E-state index in [4.69, 9.17) is 4.74 Å². The van der Waals surface area contributed by atoms with Crippen LogP contribution in [0.1, 0.15) is 27.2 Å². The average Bonchev–Trinajstić information content (AvgIpc) is 2.30. The average molecular weight is 228 g/mol. The molecule has 0 aromatic heterocycles. The first-order chi connectivity index (χ1) is 7.20. The molecule has 1 unspecified atom stereocenters. The van der Waals surface area contributed by atoms with Crippen LogP contribution in [0.25, 0.3) is 0 Å². The van der Waals surface area contributed by atoms with Crippen molar-refractivity contribution in [1.29, 1.82) is 0 Å². The lowest BCUT2D eigenvalue weighted by atomic mass is 10.2. The van der Waals surface area contributed by atoms with Crippen molar-refractivity contribution in [3.05, 3.63) is 0 Å². The summed E-state index contributed by atoms with van der Waals surface area (Å²) >= 11 is 0. The minimum Gasteiger partial charge on any atom is -0.444 e. The lowest BCUT2D eigenvalue weighted by Crippen LogP contribution is -2.43. The van der Waals surface area contributed by atoms with E-state index in [-0.39, 0.29) is 12.3 Å². The zero-order valence-electron chi connectivity index (χ0n) is 9.86. The molecule has 0 aliphatic carbocycles. The van der Waals surface area contributed by atoms with Crippen molar-refractivity contribution < 1.29 is 19.1 Å². The maximum atomic E-state index is 11.5. The van der Waals surface area contributed by atoms with Gasteiger partial charge in [-0.3, -0.25) is 14.5 Å². The maximum Gasteiger partial charge on any atom is 0.408 e. The van der Waals surface area contributed by atoms with Gasteiger partial charge in [-0.25, -0.2) is 4.79 Å². The molecular weight excluding hydrogens is 212 g/mol. The molecule has 0 spiro atoms. The molecule has 1 aliphatic rings. The van der Waals surface area contributed by atoms with Gasteiger partial charge in [0.2, 0.25) is 5.91 Å². The molecule has 0 aromatic carbocycles. The second kappa shape index (κ2) is 4.11. The summed E-state index contributed by atoms with van der Waals surface area (Å²) in [5.74, 6) is -0.707. The van der Waals surface area contributed by atoms with Gasteiger partial charge in [0.05, 0.1) is 6.42 Å². The number of amides is 3. The zero-order chi connectivity index (χ0) is 12.5. The number of likely N-dealkylation sites (N-methyl/N-ethyl adjacent to an activating group) is 1. The molecule has 1 rings (SSSR count). The quantitative estimate of drug-likeness (QED) is 0.653. The van der Waals surface area contributed by atoms with E-state index in [0.717, 1.165) is 4.90 Å². The topological polar surface area (TPSA) is 75.7 Å². The minimum atomic E-state index is -0.799. The first-order valence-corrected chi connectivity index (χ1v) is 5.00. The van der Waals surface area contributed by atoms with E-state index in [9.17, 15) is 14.4 Å². The number of carbonyl (C=O) groups is 3. The summed E-state index contributed by atoms with van der Waals surface area (Å²) in [5, 5.41) is 2.37. The Balaban J connectivity index is 2.53. The molecule has 1 heterocycles. The number of ether oxygens (including phenoxy) is 1. The van der Waals surface area contributed by atoms with Gasteiger partial charge >= 0.3 is 6.09 Å². The molecule has 1 saturated heterocycles. The van der Waals surface area contributed by atoms with E-state index >= 15 is 0 Å². The van der Waals surface area contributed by atoms with Crippen LogP contribution in [0.15, 0.2) is 0 Å². The Hall–Kier alpha value is -1.59. The van der Waals surface area contributed by atoms with Crippen molar-refractivity contribution in [3.63, 3.8) is 0 Å². The van der Waals surface area contributed by atoms with Gasteiger partial charge in [0, 0.05) is 7.05 Å². The summed E-state index contributed by atoms with van der Waals surface area (Å²) in [7, 11) is 1.39. The molecular formula is C10H16N2O4. The second-order valence-corrected chi connectivity index (χ2v) is 4.69. The molecule has 1 atom stereocenters. The van der Waals surface area contributed by atoms with E-state index in [2.05, 4.69) is 5.32 Å². The number of carbonyl (C=O) groups excluding carboxylic acids is 3. The number of rotatable bonds is 1. The van der Waals surface area contributed by atoms with Crippen LogP contribution in [-0.4, -0.2) is 41.5 Å². The van der Waals surface area contributed by atoms with Gasteiger partial charge < -0.3 is 10.1 Å². The van der Waals surface area contributed by atoms with Crippen LogP contribution in [0.3, 0.4) is 0 Å². The summed E-state index contributed by atoms with van der Waals surface area (Å²) in [6, 6.07) is -0.799. The summed E-state index contributed by atoms with van der Waals surface area (Å²) in [6.07, 6.45) is -0.692. The zero-order valence-corrected chi connectivity index (χ0v) is 9.86. The van der Waals surface area contributed by atoms with Crippen LogP contribution in [0.5, 0.6) is 0 Å². The predicted octanol–water partition coefficient (Wildman–Crippen LogP) is 0.268. The van der Waals surface area contributed by atoms with E-state index in [1.165, 1.54) is 7.05 Å². The van der Waals surface area contributed by atoms with Crippen LogP contribution < -0.4 is 5.32 Å². The highest BCUT2D eigenvalue weighted by Crippen LogP contribution is 2.12. The molecule has 1 N–H and O–H groups in total. The van der Waals surface area contributed by atoms with Crippen LogP contribution in [0.4, 0.5) is 4.79 Å². The molecule has 1 fully saturated rings. The molecule has 6 nitrogen and oxygen atoms in total. The van der Waals surface area contributed by atoms with Gasteiger partial charge in [-0.2, -0.15) is 0 Å². The number of hydrogen-bond donors (Lipinski definition) is 1. The van der Waals surface area contributed by atoms with Gasteiger partial charge in [-0.15, -0.1) is 0 Å². The van der Waals surface area contributed by atoms with Gasteiger partial charge in [0.1, 0.15) is 11.6 Å². The van der Waals surface area contributed by atoms with Gasteiger partial charge in [0.15, 0.2) is 0 Å². The highest BCUT2D eigenvalue weighted by Gasteiger charge is 2.37. The number of nitrogens with one attached hydrogen (secondary N) is 1. The number of likely N-dealkylation sites (tertiary alicyclic amines) is 1. The summed E-state index contributed by atoms with van der Waals surface area (Å²) in [5.41, 5.74) is -0.623. The van der Waals surface area contributed by atoms with Crippen molar-refractivity contribution in [3.8, 4) is 0 Å². The highest BCUT2D eigenvalue weighted by molar-refractivity contribution is 6.06. The monoisotopic (exact) mass is 228 g/mol. The molecule has 0 bridgehead atoms. The fourth-order valence-corrected chi connectivity index (χ4v) is 1.32. The highest BCUT2D eigenvalue weighted by atomic mass is 16.6. The van der Waals surface area contributed by atoms with Crippen molar-refractivity contribution in [2.45, 2.75) is 38.8 Å². The Bertz CT molecular complexity index is 332. The van der Waals surface area contributed by atoms with Crippen molar-refractivity contribution >= 4 is 17.9 Å². The summed E-state index contributed by atoms with van der Waals surface area (Å²) in [6.45, 7) is 5.17. The molecule has 16 heavy (non-hydrogen) atoms. The summed E-state index contributed by atoms with van der Waals surface area (Å²) < 4.78 is 4.99. The van der Waals surface area contributed by atoms with E-state index in [1.807, 2.05) is 0 Å². The Kier molecular flexibility index (Phi) is 3.21. The SMILES string of the molecule is CN1C(=O)CC(NC(=O)OC(C)(C)C)C1=O. The van der Waals surface area contributed by atoms with Crippen molar-refractivity contribution in [2.24, 2.45) is 0 Å². The smallest absolute Gasteiger partial charge is 0.408 e. The molecule has 0 aromatic rings. The fraction of sp³-hybridized carbons (Fsp3) is 0.700. The third kappa shape index (κ3) is 2.95. The lowest BCUT2D eigenvalue weighted by Gasteiger charge is -2.20. The van der Waals surface area contributed by atoms with Crippen LogP contribution in [-0.2, 0) is 14.3 Å². The van der Waals surface area contributed by atoms with Gasteiger partial charge in [-0.05, 0) is 20.8 Å². The molecule has 1 aliphatic heterocycles. The third-order valence-electron chi connectivity index (χ3n) is 2.07. The van der Waals surface area contributed by atoms with E-state index < -0.39 is 23.6 Å². The van der Waals surface area contributed by atoms with Crippen LogP contribution in [0.2, 0.25) is 0 Å². The van der Waals surface area contributed by atoms with Crippen LogP contribution >= 0.6 is 0 Å². The standard InChI is InChI=1S/C10H16N2O4/c1-10(2,3)16-9(15)11-6-5-7(13)12(4)8(6)14/h6H,5H2,1-4H3,(H,11,15). The Morgan fingerprint density at radius 1 is 1.44 bits per heavy atom. The Labute approximate surface area is 93.9 Å². The van der Waals surface area contributed by atoms with Crippen molar-refractivity contribution in [1.82, 2.24) is 10.2 Å². The molecule has 6 heteroatoms. The first kappa shape index (κ1) is 12.5. The van der Waals surface area contributed by atoms with Crippen LogP contribution in [0, 0.1) is 0 Å². The van der Waals surface area contributed by atoms with Gasteiger partial charge in [0.25, 0.3) is 5.91 Å². The fourth-order valence-electron chi connectivity index (χ4n) is 1.32. The molecule has 90 valence electrons. The molecule has 3 amide bonds. The number of nitrogens with zero attached hydrogens (tertiary/aromatic N) is 1. The number of imide groups is 1. The maximum absolute atomic E-state index is 11.5. The first-order valence-electron chi connectivity index (χ1n) is 5.00. The second-order valence-electron chi connectivity index (χ2n) is 4.69. The largest absolute Gasteiger partial charge is 0.444 e. The lowest BCUT2D eigenvalue weighted by molar-refractivity contribution is -0.137. The minimum absolute atomic E-state index is 0.00538. The Morgan fingerprint density at radius 3 is 2.38 bits per heavy atom. The van der Waals surface area contributed by atoms with E-state index in [0.29, 0.717) is 0 Å². The number of hydrogen-bond acceptors (Lipinski definition) is 4. The molecule has 0 radical (unpaired) electrons. The normalized spacial score (nSPS) is 21.2. The summed E-state index contributed by atoms with van der Waals surface area (Å²) in [4.78, 5) is 35.0. The Morgan fingerprint density at radius 2 is 2.00 bits per heavy atom. The molecule has 0 saturated carbocycles. The van der Waals surface area contributed by atoms with Crippen molar-refractivity contribution in [2.75, 3.05) is 7.05 Å². The number of alkyl carbamates (subject to hydrolysis) is 1. The van der Waals surface area contributed by atoms with Gasteiger partial charge in [-0.1, -0.05) is 0 Å². The third-order valence-corrected chi connectivity index (χ3v) is 2.07. The van der Waals surface area contributed by atoms with E-state index in [1.54, 1.807) is 20.8 Å².